The van der Waals surface area contributed by atoms with E-state index in [-0.39, 0.29) is 11.9 Å². The summed E-state index contributed by atoms with van der Waals surface area (Å²) >= 11 is 1.80. The molecular formula is C12H22N4OS. The standard InChI is InChI=1S/C12H22N4OS/c1-5-16-11(10(13)9(4)15-16)12(17)14-8(3)7-18-6-2/h8H,5-7,13H2,1-4H3,(H,14,17). The first-order chi connectivity index (χ1) is 8.51. The van der Waals surface area contributed by atoms with Gasteiger partial charge >= 0.3 is 0 Å². The predicted molar refractivity (Wildman–Crippen MR) is 77.0 cm³/mol. The van der Waals surface area contributed by atoms with Crippen LogP contribution in [0.25, 0.3) is 0 Å². The molecular weight excluding hydrogens is 248 g/mol. The number of nitrogen functional groups attached to an aromatic ring is 1. The van der Waals surface area contributed by atoms with E-state index in [0.29, 0.717) is 23.6 Å². The van der Waals surface area contributed by atoms with Gasteiger partial charge in [-0.1, -0.05) is 6.92 Å². The van der Waals surface area contributed by atoms with E-state index in [4.69, 9.17) is 5.73 Å². The van der Waals surface area contributed by atoms with Crippen LogP contribution in [0, 0.1) is 6.92 Å². The molecule has 3 N–H and O–H groups in total. The van der Waals surface area contributed by atoms with Gasteiger partial charge in [-0.2, -0.15) is 16.9 Å². The van der Waals surface area contributed by atoms with Gasteiger partial charge in [-0.3, -0.25) is 9.48 Å². The van der Waals surface area contributed by atoms with Gasteiger partial charge in [0.1, 0.15) is 5.69 Å². The van der Waals surface area contributed by atoms with Crippen molar-refractivity contribution in [1.82, 2.24) is 15.1 Å². The Bertz CT molecular complexity index is 416. The third-order valence-corrected chi connectivity index (χ3v) is 3.78. The number of nitrogens with two attached hydrogens (primary N) is 1. The van der Waals surface area contributed by atoms with Crippen LogP contribution in [0.15, 0.2) is 0 Å². The zero-order valence-corrected chi connectivity index (χ0v) is 12.3. The van der Waals surface area contributed by atoms with Crippen molar-refractivity contribution in [3.63, 3.8) is 0 Å². The molecule has 1 atom stereocenters. The molecule has 0 saturated carbocycles. The van der Waals surface area contributed by atoms with Crippen LogP contribution in [0.3, 0.4) is 0 Å². The van der Waals surface area contributed by atoms with Crippen LogP contribution >= 0.6 is 11.8 Å². The van der Waals surface area contributed by atoms with E-state index in [2.05, 4.69) is 17.3 Å². The molecule has 0 aliphatic heterocycles. The molecule has 1 unspecified atom stereocenters. The molecule has 0 bridgehead atoms. The minimum absolute atomic E-state index is 0.127. The molecule has 1 aromatic heterocycles. The van der Waals surface area contributed by atoms with Gasteiger partial charge in [-0.15, -0.1) is 0 Å². The number of carbonyl (C=O) groups is 1. The van der Waals surface area contributed by atoms with Crippen molar-refractivity contribution in [1.29, 1.82) is 0 Å². The highest BCUT2D eigenvalue weighted by Gasteiger charge is 2.20. The highest BCUT2D eigenvalue weighted by atomic mass is 32.2. The maximum Gasteiger partial charge on any atom is 0.271 e. The summed E-state index contributed by atoms with van der Waals surface area (Å²) in [5.74, 6) is 1.81. The molecule has 1 heterocycles. The number of thioether (sulfide) groups is 1. The van der Waals surface area contributed by atoms with Gasteiger partial charge in [0.05, 0.1) is 11.4 Å². The molecule has 1 rings (SSSR count). The molecule has 0 aromatic carbocycles. The molecule has 0 aliphatic rings. The Labute approximate surface area is 112 Å². The second-order valence-corrected chi connectivity index (χ2v) is 5.52. The predicted octanol–water partition coefficient (Wildman–Crippen LogP) is 1.67. The van der Waals surface area contributed by atoms with Crippen LogP contribution in [-0.4, -0.2) is 33.2 Å². The fraction of sp³-hybridized carbons (Fsp3) is 0.667. The summed E-state index contributed by atoms with van der Waals surface area (Å²) in [6, 6.07) is 0.127. The first-order valence-corrected chi connectivity index (χ1v) is 7.38. The van der Waals surface area contributed by atoms with Crippen LogP contribution in [0.2, 0.25) is 0 Å². The summed E-state index contributed by atoms with van der Waals surface area (Å²) in [5, 5.41) is 7.20. The smallest absolute Gasteiger partial charge is 0.271 e. The van der Waals surface area contributed by atoms with Gasteiger partial charge in [-0.05, 0) is 26.5 Å². The Kier molecular flexibility index (Phi) is 5.53. The van der Waals surface area contributed by atoms with Gasteiger partial charge in [-0.25, -0.2) is 0 Å². The number of nitrogens with zero attached hydrogens (tertiary/aromatic N) is 2. The summed E-state index contributed by atoms with van der Waals surface area (Å²) in [5.41, 5.74) is 7.56. The number of nitrogens with one attached hydrogen (secondary N) is 1. The Morgan fingerprint density at radius 3 is 2.78 bits per heavy atom. The molecule has 0 fully saturated rings. The Morgan fingerprint density at radius 2 is 2.22 bits per heavy atom. The molecule has 0 spiro atoms. The van der Waals surface area contributed by atoms with E-state index in [0.717, 1.165) is 11.5 Å². The third kappa shape index (κ3) is 3.41. The van der Waals surface area contributed by atoms with Crippen molar-refractivity contribution in [3.05, 3.63) is 11.4 Å². The maximum absolute atomic E-state index is 12.2. The topological polar surface area (TPSA) is 72.9 Å². The molecule has 102 valence electrons. The average molecular weight is 270 g/mol. The zero-order chi connectivity index (χ0) is 13.7. The SMILES string of the molecule is CCSCC(C)NC(=O)c1c(N)c(C)nn1CC. The van der Waals surface area contributed by atoms with Crippen LogP contribution in [0.5, 0.6) is 0 Å². The minimum atomic E-state index is -0.140. The van der Waals surface area contributed by atoms with Gasteiger partial charge in [0.2, 0.25) is 0 Å². The van der Waals surface area contributed by atoms with Crippen molar-refractivity contribution in [2.45, 2.75) is 40.3 Å². The van der Waals surface area contributed by atoms with Crippen LogP contribution in [0.4, 0.5) is 5.69 Å². The number of hydrogen-bond donors (Lipinski definition) is 2. The number of rotatable bonds is 6. The summed E-state index contributed by atoms with van der Waals surface area (Å²) < 4.78 is 1.65. The monoisotopic (exact) mass is 270 g/mol. The van der Waals surface area contributed by atoms with E-state index in [1.54, 1.807) is 16.4 Å². The zero-order valence-electron chi connectivity index (χ0n) is 11.5. The largest absolute Gasteiger partial charge is 0.395 e. The van der Waals surface area contributed by atoms with Crippen molar-refractivity contribution in [2.24, 2.45) is 0 Å². The lowest BCUT2D eigenvalue weighted by Crippen LogP contribution is -2.36. The van der Waals surface area contributed by atoms with E-state index in [1.807, 2.05) is 20.8 Å². The first kappa shape index (κ1) is 14.9. The summed E-state index contributed by atoms with van der Waals surface area (Å²) in [6.07, 6.45) is 0. The maximum atomic E-state index is 12.2. The molecule has 18 heavy (non-hydrogen) atoms. The molecule has 1 aromatic rings. The van der Waals surface area contributed by atoms with Crippen molar-refractivity contribution < 1.29 is 4.79 Å². The number of aryl methyl sites for hydroxylation is 2. The average Bonchev–Trinajstić information content (AvgIpc) is 2.62. The van der Waals surface area contributed by atoms with Crippen LogP contribution in [0.1, 0.15) is 37.0 Å². The molecule has 5 nitrogen and oxygen atoms in total. The molecule has 0 saturated heterocycles. The Morgan fingerprint density at radius 1 is 1.56 bits per heavy atom. The van der Waals surface area contributed by atoms with E-state index < -0.39 is 0 Å². The van der Waals surface area contributed by atoms with Crippen molar-refractivity contribution in [3.8, 4) is 0 Å². The van der Waals surface area contributed by atoms with Crippen LogP contribution < -0.4 is 11.1 Å². The fourth-order valence-corrected chi connectivity index (χ4v) is 2.36. The van der Waals surface area contributed by atoms with Crippen molar-refractivity contribution >= 4 is 23.4 Å². The summed E-state index contributed by atoms with van der Waals surface area (Å²) in [4.78, 5) is 12.2. The summed E-state index contributed by atoms with van der Waals surface area (Å²) in [6.45, 7) is 8.50. The number of carbonyl (C=O) groups excluding carboxylic acids is 1. The van der Waals surface area contributed by atoms with E-state index in [1.165, 1.54) is 0 Å². The number of hydrogen-bond acceptors (Lipinski definition) is 4. The normalized spacial score (nSPS) is 12.4. The van der Waals surface area contributed by atoms with E-state index in [9.17, 15) is 4.79 Å². The second kappa shape index (κ2) is 6.68. The van der Waals surface area contributed by atoms with E-state index >= 15 is 0 Å². The van der Waals surface area contributed by atoms with Crippen molar-refractivity contribution in [2.75, 3.05) is 17.2 Å². The quantitative estimate of drug-likeness (QED) is 0.824. The first-order valence-electron chi connectivity index (χ1n) is 6.22. The Balaban J connectivity index is 2.77. The number of aromatic nitrogens is 2. The highest BCUT2D eigenvalue weighted by molar-refractivity contribution is 7.99. The molecule has 0 radical (unpaired) electrons. The van der Waals surface area contributed by atoms with Gasteiger partial charge in [0, 0.05) is 18.3 Å². The third-order valence-electron chi connectivity index (χ3n) is 2.64. The Hall–Kier alpha value is -1.17. The summed E-state index contributed by atoms with van der Waals surface area (Å²) in [7, 11) is 0. The minimum Gasteiger partial charge on any atom is -0.395 e. The lowest BCUT2D eigenvalue weighted by Gasteiger charge is -2.14. The second-order valence-electron chi connectivity index (χ2n) is 4.20. The fourth-order valence-electron chi connectivity index (χ4n) is 1.69. The van der Waals surface area contributed by atoms with Crippen LogP contribution in [-0.2, 0) is 6.54 Å². The van der Waals surface area contributed by atoms with Gasteiger partial charge in [0.15, 0.2) is 0 Å². The van der Waals surface area contributed by atoms with Gasteiger partial charge in [0.25, 0.3) is 5.91 Å². The highest BCUT2D eigenvalue weighted by Crippen LogP contribution is 2.16. The number of amides is 1. The lowest BCUT2D eigenvalue weighted by molar-refractivity contribution is 0.0934. The molecule has 6 heteroatoms. The van der Waals surface area contributed by atoms with Gasteiger partial charge < -0.3 is 11.1 Å². The lowest BCUT2D eigenvalue weighted by atomic mass is 10.2. The molecule has 1 amide bonds. The molecule has 0 aliphatic carbocycles. The number of anilines is 1.